The van der Waals surface area contributed by atoms with Crippen LogP contribution in [-0.2, 0) is 5.75 Å². The second-order valence-electron chi connectivity index (χ2n) is 2.97. The molecular formula is C10H9FN2OS. The van der Waals surface area contributed by atoms with Crippen LogP contribution in [0.25, 0.3) is 0 Å². The van der Waals surface area contributed by atoms with Crippen LogP contribution in [0.3, 0.4) is 0 Å². The third-order valence-electron chi connectivity index (χ3n) is 1.75. The number of aromatic nitrogens is 2. The number of halogens is 1. The molecule has 1 aromatic carbocycles. The van der Waals surface area contributed by atoms with E-state index in [1.807, 2.05) is 0 Å². The van der Waals surface area contributed by atoms with Gasteiger partial charge in [0.2, 0.25) is 5.89 Å². The van der Waals surface area contributed by atoms with Crippen LogP contribution in [0, 0.1) is 12.7 Å². The fourth-order valence-electron chi connectivity index (χ4n) is 1.08. The average molecular weight is 224 g/mol. The van der Waals surface area contributed by atoms with Crippen molar-refractivity contribution in [2.24, 2.45) is 0 Å². The van der Waals surface area contributed by atoms with E-state index in [2.05, 4.69) is 10.1 Å². The molecule has 1 aromatic heterocycles. The summed E-state index contributed by atoms with van der Waals surface area (Å²) >= 11 is 1.54. The van der Waals surface area contributed by atoms with Gasteiger partial charge in [-0.25, -0.2) is 4.39 Å². The van der Waals surface area contributed by atoms with Gasteiger partial charge >= 0.3 is 0 Å². The molecule has 3 nitrogen and oxygen atoms in total. The summed E-state index contributed by atoms with van der Waals surface area (Å²) in [5, 5.41) is 3.77. The quantitative estimate of drug-likeness (QED) is 0.751. The summed E-state index contributed by atoms with van der Waals surface area (Å²) in [7, 11) is 0. The molecule has 2 aromatic rings. The predicted molar refractivity (Wildman–Crippen MR) is 55.0 cm³/mol. The first-order valence-electron chi connectivity index (χ1n) is 4.41. The first kappa shape index (κ1) is 10.2. The minimum Gasteiger partial charge on any atom is -0.340 e. The molecule has 2 rings (SSSR count). The highest BCUT2D eigenvalue weighted by molar-refractivity contribution is 7.98. The Morgan fingerprint density at radius 1 is 1.33 bits per heavy atom. The van der Waals surface area contributed by atoms with Gasteiger partial charge < -0.3 is 4.52 Å². The Balaban J connectivity index is 1.96. The van der Waals surface area contributed by atoms with Crippen molar-refractivity contribution in [3.8, 4) is 0 Å². The maximum Gasteiger partial charge on any atom is 0.223 e. The summed E-state index contributed by atoms with van der Waals surface area (Å²) in [6.07, 6.45) is 0. The summed E-state index contributed by atoms with van der Waals surface area (Å²) in [4.78, 5) is 5.06. The number of aryl methyl sites for hydroxylation is 1. The van der Waals surface area contributed by atoms with Gasteiger partial charge in [-0.1, -0.05) is 5.16 Å². The number of nitrogens with zero attached hydrogens (tertiary/aromatic N) is 2. The van der Waals surface area contributed by atoms with Crippen molar-refractivity contribution in [1.82, 2.24) is 10.1 Å². The van der Waals surface area contributed by atoms with E-state index in [1.165, 1.54) is 12.1 Å². The van der Waals surface area contributed by atoms with E-state index in [4.69, 9.17) is 4.52 Å². The lowest BCUT2D eigenvalue weighted by atomic mass is 10.4. The lowest BCUT2D eigenvalue weighted by Gasteiger charge is -1.97. The van der Waals surface area contributed by atoms with Crippen molar-refractivity contribution in [2.45, 2.75) is 17.6 Å². The Kier molecular flexibility index (Phi) is 3.01. The monoisotopic (exact) mass is 224 g/mol. The molecule has 0 aliphatic carbocycles. The van der Waals surface area contributed by atoms with Crippen molar-refractivity contribution in [3.05, 3.63) is 41.8 Å². The Hall–Kier alpha value is -1.36. The average Bonchev–Trinajstić information content (AvgIpc) is 2.64. The number of hydrogen-bond donors (Lipinski definition) is 0. The largest absolute Gasteiger partial charge is 0.340 e. The van der Waals surface area contributed by atoms with Crippen molar-refractivity contribution in [3.63, 3.8) is 0 Å². The molecule has 0 spiro atoms. The fourth-order valence-corrected chi connectivity index (χ4v) is 1.82. The van der Waals surface area contributed by atoms with Gasteiger partial charge in [0.25, 0.3) is 0 Å². The molecule has 78 valence electrons. The van der Waals surface area contributed by atoms with Crippen LogP contribution < -0.4 is 0 Å². The van der Waals surface area contributed by atoms with Crippen molar-refractivity contribution in [2.75, 3.05) is 0 Å². The van der Waals surface area contributed by atoms with Crippen LogP contribution in [0.2, 0.25) is 0 Å². The molecule has 0 amide bonds. The van der Waals surface area contributed by atoms with Crippen LogP contribution in [0.15, 0.2) is 33.7 Å². The van der Waals surface area contributed by atoms with E-state index in [9.17, 15) is 4.39 Å². The zero-order valence-electron chi connectivity index (χ0n) is 8.11. The smallest absolute Gasteiger partial charge is 0.223 e. The first-order chi connectivity index (χ1) is 7.24. The summed E-state index contributed by atoms with van der Waals surface area (Å²) < 4.78 is 17.4. The normalized spacial score (nSPS) is 10.5. The zero-order valence-corrected chi connectivity index (χ0v) is 8.92. The van der Waals surface area contributed by atoms with E-state index in [0.29, 0.717) is 17.5 Å². The summed E-state index contributed by atoms with van der Waals surface area (Å²) in [6.45, 7) is 1.75. The third kappa shape index (κ3) is 2.79. The Labute approximate surface area is 90.7 Å². The van der Waals surface area contributed by atoms with Gasteiger partial charge in [-0.2, -0.15) is 4.98 Å². The van der Waals surface area contributed by atoms with E-state index >= 15 is 0 Å². The lowest BCUT2D eigenvalue weighted by Crippen LogP contribution is -1.83. The van der Waals surface area contributed by atoms with Gasteiger partial charge in [-0.15, -0.1) is 11.8 Å². The summed E-state index contributed by atoms with van der Waals surface area (Å²) in [5.41, 5.74) is 0. The fraction of sp³-hybridized carbons (Fsp3) is 0.200. The minimum absolute atomic E-state index is 0.227. The van der Waals surface area contributed by atoms with Crippen molar-refractivity contribution < 1.29 is 8.91 Å². The van der Waals surface area contributed by atoms with Gasteiger partial charge in [0, 0.05) is 11.8 Å². The van der Waals surface area contributed by atoms with Crippen LogP contribution in [-0.4, -0.2) is 10.1 Å². The topological polar surface area (TPSA) is 38.9 Å². The number of rotatable bonds is 3. The molecule has 0 N–H and O–H groups in total. The van der Waals surface area contributed by atoms with Gasteiger partial charge in [-0.05, 0) is 24.3 Å². The van der Waals surface area contributed by atoms with E-state index in [-0.39, 0.29) is 5.82 Å². The molecule has 0 aliphatic heterocycles. The maximum atomic E-state index is 12.6. The Morgan fingerprint density at radius 2 is 2.07 bits per heavy atom. The minimum atomic E-state index is -0.227. The number of benzene rings is 1. The molecule has 0 atom stereocenters. The molecule has 1 heterocycles. The number of thioether (sulfide) groups is 1. The predicted octanol–water partition coefficient (Wildman–Crippen LogP) is 2.81. The highest BCUT2D eigenvalue weighted by Crippen LogP contribution is 2.21. The van der Waals surface area contributed by atoms with Crippen molar-refractivity contribution >= 4 is 11.8 Å². The van der Waals surface area contributed by atoms with Crippen LogP contribution in [0.1, 0.15) is 11.7 Å². The molecule has 0 bridgehead atoms. The molecule has 15 heavy (non-hydrogen) atoms. The lowest BCUT2D eigenvalue weighted by molar-refractivity contribution is 0.389. The SMILES string of the molecule is Cc1nc(CSc2ccc(F)cc2)no1. The molecule has 0 unspecified atom stereocenters. The van der Waals surface area contributed by atoms with Gasteiger partial charge in [-0.3, -0.25) is 0 Å². The van der Waals surface area contributed by atoms with E-state index in [1.54, 1.807) is 30.8 Å². The Bertz CT molecular complexity index is 441. The second kappa shape index (κ2) is 4.44. The first-order valence-corrected chi connectivity index (χ1v) is 5.40. The van der Waals surface area contributed by atoms with Crippen LogP contribution in [0.4, 0.5) is 4.39 Å². The molecule has 0 fully saturated rings. The third-order valence-corrected chi connectivity index (χ3v) is 2.76. The summed E-state index contributed by atoms with van der Waals surface area (Å²) in [6, 6.07) is 6.33. The molecule has 0 aliphatic rings. The Morgan fingerprint density at radius 3 is 2.67 bits per heavy atom. The zero-order chi connectivity index (χ0) is 10.7. The van der Waals surface area contributed by atoms with Gasteiger partial charge in [0.1, 0.15) is 5.82 Å². The number of hydrogen-bond acceptors (Lipinski definition) is 4. The highest BCUT2D eigenvalue weighted by Gasteiger charge is 2.02. The van der Waals surface area contributed by atoms with Gasteiger partial charge in [0.05, 0.1) is 5.75 Å². The van der Waals surface area contributed by atoms with Crippen LogP contribution >= 0.6 is 11.8 Å². The van der Waals surface area contributed by atoms with E-state index < -0.39 is 0 Å². The van der Waals surface area contributed by atoms with Gasteiger partial charge in [0.15, 0.2) is 5.82 Å². The highest BCUT2D eigenvalue weighted by atomic mass is 32.2. The second-order valence-corrected chi connectivity index (χ2v) is 4.02. The van der Waals surface area contributed by atoms with Crippen LogP contribution in [0.5, 0.6) is 0 Å². The summed E-state index contributed by atoms with van der Waals surface area (Å²) in [5.74, 6) is 1.62. The standard InChI is InChI=1S/C10H9FN2OS/c1-7-12-10(13-14-7)6-15-9-4-2-8(11)3-5-9/h2-5H,6H2,1H3. The molecule has 0 radical (unpaired) electrons. The molecular weight excluding hydrogens is 215 g/mol. The van der Waals surface area contributed by atoms with E-state index in [0.717, 1.165) is 4.90 Å². The molecule has 0 saturated carbocycles. The van der Waals surface area contributed by atoms with Crippen molar-refractivity contribution in [1.29, 1.82) is 0 Å². The molecule has 0 saturated heterocycles. The molecule has 5 heteroatoms. The maximum absolute atomic E-state index is 12.6.